The molecule has 1 aromatic carbocycles. The zero-order valence-corrected chi connectivity index (χ0v) is 12.4. The molecule has 108 valence electrons. The summed E-state index contributed by atoms with van der Waals surface area (Å²) in [5.41, 5.74) is 1.19. The molecule has 1 aromatic rings. The van der Waals surface area contributed by atoms with E-state index in [-0.39, 0.29) is 5.82 Å². The van der Waals surface area contributed by atoms with Crippen LogP contribution in [0.5, 0.6) is 0 Å². The Morgan fingerprint density at radius 3 is 2.60 bits per heavy atom. The lowest BCUT2D eigenvalue weighted by Crippen LogP contribution is -2.28. The number of nitrogens with zero attached hydrogens (tertiary/aromatic N) is 1. The SMILES string of the molecule is CC(C)CC1(CNc2ccc(C#N)cc2F)CCCC1. The van der Waals surface area contributed by atoms with E-state index in [4.69, 9.17) is 5.26 Å². The molecule has 0 atom stereocenters. The molecule has 1 aliphatic carbocycles. The molecular formula is C17H23FN2. The number of nitrogens with one attached hydrogen (secondary N) is 1. The maximum absolute atomic E-state index is 13.9. The molecule has 1 fully saturated rings. The average molecular weight is 274 g/mol. The summed E-state index contributed by atoms with van der Waals surface area (Å²) in [6.07, 6.45) is 6.22. The average Bonchev–Trinajstić information content (AvgIpc) is 2.85. The Balaban J connectivity index is 2.04. The standard InChI is InChI=1S/C17H23FN2/c1-13(2)10-17(7-3-4-8-17)12-20-16-6-5-14(11-19)9-15(16)18/h5-6,9,13,20H,3-4,7-8,10,12H2,1-2H3. The van der Waals surface area contributed by atoms with Crippen LogP contribution < -0.4 is 5.32 Å². The number of hydrogen-bond acceptors (Lipinski definition) is 2. The van der Waals surface area contributed by atoms with Gasteiger partial charge in [0.2, 0.25) is 0 Å². The van der Waals surface area contributed by atoms with Gasteiger partial charge in [-0.3, -0.25) is 0 Å². The second-order valence-corrected chi connectivity index (χ2v) is 6.47. The second kappa shape index (κ2) is 6.26. The maximum atomic E-state index is 13.9. The summed E-state index contributed by atoms with van der Waals surface area (Å²) in [7, 11) is 0. The third kappa shape index (κ3) is 3.50. The van der Waals surface area contributed by atoms with Crippen LogP contribution in [-0.2, 0) is 0 Å². The van der Waals surface area contributed by atoms with Crippen LogP contribution in [-0.4, -0.2) is 6.54 Å². The van der Waals surface area contributed by atoms with Gasteiger partial charge >= 0.3 is 0 Å². The van der Waals surface area contributed by atoms with E-state index in [2.05, 4.69) is 19.2 Å². The molecule has 2 rings (SSSR count). The summed E-state index contributed by atoms with van der Waals surface area (Å²) in [6.45, 7) is 5.33. The fourth-order valence-electron chi connectivity index (χ4n) is 3.45. The van der Waals surface area contributed by atoms with Gasteiger partial charge < -0.3 is 5.32 Å². The fourth-order valence-corrected chi connectivity index (χ4v) is 3.45. The van der Waals surface area contributed by atoms with E-state index < -0.39 is 0 Å². The van der Waals surface area contributed by atoms with E-state index in [1.165, 1.54) is 38.2 Å². The molecule has 0 heterocycles. The number of halogens is 1. The van der Waals surface area contributed by atoms with E-state index in [0.29, 0.717) is 22.6 Å². The van der Waals surface area contributed by atoms with E-state index >= 15 is 0 Å². The van der Waals surface area contributed by atoms with E-state index in [1.807, 2.05) is 6.07 Å². The molecule has 0 aromatic heterocycles. The van der Waals surface area contributed by atoms with Gasteiger partial charge in [-0.1, -0.05) is 26.7 Å². The third-order valence-corrected chi connectivity index (χ3v) is 4.26. The van der Waals surface area contributed by atoms with Gasteiger partial charge in [0, 0.05) is 6.54 Å². The summed E-state index contributed by atoms with van der Waals surface area (Å²) < 4.78 is 13.9. The van der Waals surface area contributed by atoms with Crippen molar-refractivity contribution in [3.8, 4) is 6.07 Å². The first-order valence-electron chi connectivity index (χ1n) is 7.48. The molecule has 0 aliphatic heterocycles. The molecule has 0 radical (unpaired) electrons. The number of nitriles is 1. The normalized spacial score (nSPS) is 17.1. The molecule has 1 aliphatic rings. The monoisotopic (exact) mass is 274 g/mol. The van der Waals surface area contributed by atoms with Gasteiger partial charge in [0.25, 0.3) is 0 Å². The first kappa shape index (κ1) is 14.8. The van der Waals surface area contributed by atoms with Crippen molar-refractivity contribution in [1.29, 1.82) is 5.26 Å². The van der Waals surface area contributed by atoms with Crippen molar-refractivity contribution in [3.63, 3.8) is 0 Å². The Hall–Kier alpha value is -1.56. The molecule has 3 heteroatoms. The van der Waals surface area contributed by atoms with Crippen molar-refractivity contribution in [2.24, 2.45) is 11.3 Å². The molecule has 0 amide bonds. The lowest BCUT2D eigenvalue weighted by Gasteiger charge is -2.31. The van der Waals surface area contributed by atoms with Crippen molar-refractivity contribution >= 4 is 5.69 Å². The molecule has 20 heavy (non-hydrogen) atoms. The lowest BCUT2D eigenvalue weighted by molar-refractivity contribution is 0.252. The highest BCUT2D eigenvalue weighted by atomic mass is 19.1. The molecule has 0 bridgehead atoms. The molecule has 1 saturated carbocycles. The van der Waals surface area contributed by atoms with Crippen molar-refractivity contribution in [3.05, 3.63) is 29.6 Å². The van der Waals surface area contributed by atoms with Gasteiger partial charge in [0.1, 0.15) is 5.82 Å². The number of rotatable bonds is 5. The van der Waals surface area contributed by atoms with Crippen molar-refractivity contribution in [1.82, 2.24) is 0 Å². The highest BCUT2D eigenvalue weighted by Gasteiger charge is 2.34. The summed E-state index contributed by atoms with van der Waals surface area (Å²) in [4.78, 5) is 0. The number of anilines is 1. The zero-order valence-electron chi connectivity index (χ0n) is 12.4. The Labute approximate surface area is 121 Å². The van der Waals surface area contributed by atoms with E-state index in [9.17, 15) is 4.39 Å². The van der Waals surface area contributed by atoms with Crippen LogP contribution in [0.4, 0.5) is 10.1 Å². The van der Waals surface area contributed by atoms with Crippen LogP contribution in [0.1, 0.15) is 51.5 Å². The Morgan fingerprint density at radius 1 is 1.35 bits per heavy atom. The number of benzene rings is 1. The minimum Gasteiger partial charge on any atom is -0.382 e. The minimum absolute atomic E-state index is 0.314. The summed E-state index contributed by atoms with van der Waals surface area (Å²) in [6, 6.07) is 6.59. The lowest BCUT2D eigenvalue weighted by atomic mass is 9.78. The summed E-state index contributed by atoms with van der Waals surface area (Å²) in [5.74, 6) is 0.336. The summed E-state index contributed by atoms with van der Waals surface area (Å²) in [5, 5.41) is 12.0. The number of hydrogen-bond donors (Lipinski definition) is 1. The highest BCUT2D eigenvalue weighted by Crippen LogP contribution is 2.43. The molecular weight excluding hydrogens is 251 g/mol. The van der Waals surface area contributed by atoms with E-state index in [1.54, 1.807) is 12.1 Å². The molecule has 2 nitrogen and oxygen atoms in total. The fraction of sp³-hybridized carbons (Fsp3) is 0.588. The Kier molecular flexibility index (Phi) is 4.65. The second-order valence-electron chi connectivity index (χ2n) is 6.47. The minimum atomic E-state index is -0.332. The zero-order chi connectivity index (χ0) is 14.6. The molecule has 0 spiro atoms. The van der Waals surface area contributed by atoms with Gasteiger partial charge in [0.05, 0.1) is 17.3 Å². The van der Waals surface area contributed by atoms with Crippen LogP contribution in [0.25, 0.3) is 0 Å². The van der Waals surface area contributed by atoms with Gasteiger partial charge in [0.15, 0.2) is 0 Å². The molecule has 0 unspecified atom stereocenters. The van der Waals surface area contributed by atoms with Crippen LogP contribution in [0.2, 0.25) is 0 Å². The quantitative estimate of drug-likeness (QED) is 0.843. The van der Waals surface area contributed by atoms with Crippen LogP contribution >= 0.6 is 0 Å². The maximum Gasteiger partial charge on any atom is 0.147 e. The first-order chi connectivity index (χ1) is 9.54. The Morgan fingerprint density at radius 2 is 2.05 bits per heavy atom. The highest BCUT2D eigenvalue weighted by molar-refractivity contribution is 5.48. The van der Waals surface area contributed by atoms with Gasteiger partial charge in [-0.2, -0.15) is 5.26 Å². The summed E-state index contributed by atoms with van der Waals surface area (Å²) >= 11 is 0. The molecule has 0 saturated heterocycles. The smallest absolute Gasteiger partial charge is 0.147 e. The van der Waals surface area contributed by atoms with Gasteiger partial charge in [-0.05, 0) is 48.8 Å². The molecule has 1 N–H and O–H groups in total. The van der Waals surface area contributed by atoms with Gasteiger partial charge in [-0.15, -0.1) is 0 Å². The predicted molar refractivity (Wildman–Crippen MR) is 80.0 cm³/mol. The first-order valence-corrected chi connectivity index (χ1v) is 7.48. The van der Waals surface area contributed by atoms with Crippen molar-refractivity contribution < 1.29 is 4.39 Å². The Bertz CT molecular complexity index is 496. The van der Waals surface area contributed by atoms with Gasteiger partial charge in [-0.25, -0.2) is 4.39 Å². The van der Waals surface area contributed by atoms with Crippen molar-refractivity contribution in [2.45, 2.75) is 46.0 Å². The third-order valence-electron chi connectivity index (χ3n) is 4.26. The van der Waals surface area contributed by atoms with Crippen molar-refractivity contribution in [2.75, 3.05) is 11.9 Å². The largest absolute Gasteiger partial charge is 0.382 e. The van der Waals surface area contributed by atoms with Crippen LogP contribution in [0, 0.1) is 28.5 Å². The van der Waals surface area contributed by atoms with Crippen LogP contribution in [0.3, 0.4) is 0 Å². The topological polar surface area (TPSA) is 35.8 Å². The van der Waals surface area contributed by atoms with E-state index in [0.717, 1.165) is 6.54 Å². The predicted octanol–water partition coefficient (Wildman–Crippen LogP) is 4.72. The van der Waals surface area contributed by atoms with Crippen LogP contribution in [0.15, 0.2) is 18.2 Å².